The predicted octanol–water partition coefficient (Wildman–Crippen LogP) is 14.4. The number of halogens is 2. The van der Waals surface area contributed by atoms with E-state index in [1.54, 1.807) is 43.3 Å². The Morgan fingerprint density at radius 1 is 0.529 bits per heavy atom. The number of H-pyrrole nitrogens is 2. The zero-order valence-electron chi connectivity index (χ0n) is 60.1. The number of carboxylic acids is 1. The van der Waals surface area contributed by atoms with Crippen LogP contribution in [0, 0.1) is 27.7 Å². The van der Waals surface area contributed by atoms with E-state index in [4.69, 9.17) is 58.6 Å². The van der Waals surface area contributed by atoms with Crippen molar-refractivity contribution in [3.05, 3.63) is 248 Å². The molecule has 12 rings (SSSR count). The minimum Gasteiger partial charge on any atom is -0.478 e. The van der Waals surface area contributed by atoms with Crippen LogP contribution in [0.1, 0.15) is 184 Å². The molecule has 22 heteroatoms. The number of pyridine rings is 2. The second-order valence-corrected chi connectivity index (χ2v) is 27.2. The SMILES string of the molecule is C=Cc1ccc(Br)cc1.CC(=O)c1ccc(C(C)OC2CCOC2)cc1.CC(OC1CCOC1)c1ccc(Br)cc1.CC(OC1CCOC1)c1ccc(C(=O)O)cc1.Cc1cc(C)c(CN)c(=O)[nH]1.Cc1cc(C)c(CNC(=O)c2ccc(C(C)OC3CCOC3)cc2)c(=O)[nH]1.OC1CCOC1. The molecule has 5 aromatic carbocycles. The quantitative estimate of drug-likeness (QED) is 0.0411. The topological polar surface area (TPSA) is 279 Å². The van der Waals surface area contributed by atoms with Crippen LogP contribution in [0.15, 0.2) is 159 Å². The zero-order chi connectivity index (χ0) is 74.1. The maximum Gasteiger partial charge on any atom is 0.335 e. The second kappa shape index (κ2) is 44.5. The third-order valence-corrected chi connectivity index (χ3v) is 18.2. The maximum absolute atomic E-state index is 12.4. The molecule has 102 heavy (non-hydrogen) atoms. The highest BCUT2D eigenvalue weighted by molar-refractivity contribution is 9.10. The van der Waals surface area contributed by atoms with Crippen LogP contribution < -0.4 is 22.2 Å². The highest BCUT2D eigenvalue weighted by Gasteiger charge is 2.24. The minimum atomic E-state index is -0.908. The van der Waals surface area contributed by atoms with Crippen LogP contribution in [0.2, 0.25) is 0 Å². The van der Waals surface area contributed by atoms with Crippen LogP contribution in [0.4, 0.5) is 0 Å². The van der Waals surface area contributed by atoms with Crippen LogP contribution >= 0.6 is 31.9 Å². The van der Waals surface area contributed by atoms with Crippen LogP contribution in [0.5, 0.6) is 0 Å². The van der Waals surface area contributed by atoms with Gasteiger partial charge < -0.3 is 73.9 Å². The number of aromatic amines is 2. The predicted molar refractivity (Wildman–Crippen MR) is 403 cm³/mol. The molecule has 5 saturated heterocycles. The summed E-state index contributed by atoms with van der Waals surface area (Å²) in [4.78, 5) is 62.9. The van der Waals surface area contributed by atoms with E-state index in [1.165, 1.54) is 5.56 Å². The molecule has 5 fully saturated rings. The van der Waals surface area contributed by atoms with Gasteiger partial charge >= 0.3 is 5.97 Å². The molecule has 0 bridgehead atoms. The number of carbonyl (C=O) groups is 3. The van der Waals surface area contributed by atoms with Gasteiger partial charge in [-0.1, -0.05) is 117 Å². The first-order chi connectivity index (χ1) is 48.9. The van der Waals surface area contributed by atoms with Gasteiger partial charge in [0.15, 0.2) is 5.78 Å². The third-order valence-electron chi connectivity index (χ3n) is 17.2. The van der Waals surface area contributed by atoms with Gasteiger partial charge in [0.1, 0.15) is 0 Å². The lowest BCUT2D eigenvalue weighted by Crippen LogP contribution is -2.27. The van der Waals surface area contributed by atoms with Gasteiger partial charge in [-0.05, 0) is 194 Å². The van der Waals surface area contributed by atoms with Gasteiger partial charge in [-0.2, -0.15) is 0 Å². The normalized spacial score (nSPS) is 19.1. The van der Waals surface area contributed by atoms with E-state index in [9.17, 15) is 24.0 Å². The van der Waals surface area contributed by atoms with Crippen LogP contribution in [-0.2, 0) is 55.7 Å². The average molecular weight is 1540 g/mol. The number of amides is 1. The summed E-state index contributed by atoms with van der Waals surface area (Å²) >= 11 is 6.76. The van der Waals surface area contributed by atoms with E-state index in [2.05, 4.69) is 72.8 Å². The molecule has 1 amide bonds. The fourth-order valence-electron chi connectivity index (χ4n) is 11.1. The minimum absolute atomic E-state index is 0.0375. The van der Waals surface area contributed by atoms with Crippen molar-refractivity contribution in [3.63, 3.8) is 0 Å². The summed E-state index contributed by atoms with van der Waals surface area (Å²) in [6.45, 7) is 28.4. The third kappa shape index (κ3) is 29.5. The van der Waals surface area contributed by atoms with Crippen LogP contribution in [0.3, 0.4) is 0 Å². The number of aliphatic hydroxyl groups is 1. The smallest absolute Gasteiger partial charge is 0.335 e. The molecule has 9 atom stereocenters. The number of hydrogen-bond donors (Lipinski definition) is 6. The maximum atomic E-state index is 12.4. The molecule has 0 saturated carbocycles. The molecule has 7 heterocycles. The van der Waals surface area contributed by atoms with Gasteiger partial charge in [-0.3, -0.25) is 19.2 Å². The van der Waals surface area contributed by atoms with Crippen molar-refractivity contribution < 1.29 is 67.2 Å². The van der Waals surface area contributed by atoms with Crippen LogP contribution in [0.25, 0.3) is 6.08 Å². The van der Waals surface area contributed by atoms with Crippen molar-refractivity contribution in [2.45, 2.75) is 162 Å². The van der Waals surface area contributed by atoms with Crippen LogP contribution in [-0.4, -0.2) is 134 Å². The summed E-state index contributed by atoms with van der Waals surface area (Å²) in [5, 5.41) is 20.2. The number of aromatic nitrogens is 2. The lowest BCUT2D eigenvalue weighted by molar-refractivity contribution is -0.00777. The summed E-state index contributed by atoms with van der Waals surface area (Å²) in [6.07, 6.45) is 7.16. The monoisotopic (exact) mass is 1530 g/mol. The number of carbonyl (C=O) groups excluding carboxylic acids is 2. The molecule has 0 aliphatic carbocycles. The fraction of sp³-hybridized carbons (Fsp3) is 0.438. The first-order valence-electron chi connectivity index (χ1n) is 34.6. The molecule has 20 nitrogen and oxygen atoms in total. The molecule has 0 radical (unpaired) electrons. The van der Waals surface area contributed by atoms with Gasteiger partial charge in [0.25, 0.3) is 17.0 Å². The van der Waals surface area contributed by atoms with Crippen molar-refractivity contribution in [1.82, 2.24) is 15.3 Å². The number of aromatic carboxylic acids is 1. The van der Waals surface area contributed by atoms with Gasteiger partial charge in [0.05, 0.1) is 93.5 Å². The number of nitrogens with one attached hydrogen (secondary N) is 3. The Morgan fingerprint density at radius 3 is 1.16 bits per heavy atom. The number of benzene rings is 5. The van der Waals surface area contributed by atoms with Crippen molar-refractivity contribution in [1.29, 1.82) is 0 Å². The number of ketones is 1. The number of Topliss-reactive ketones (excluding diaryl/α,β-unsaturated/α-hetero) is 1. The summed E-state index contributed by atoms with van der Waals surface area (Å²) < 4.78 is 51.7. The second-order valence-electron chi connectivity index (χ2n) is 25.4. The highest BCUT2D eigenvalue weighted by atomic mass is 79.9. The lowest BCUT2D eigenvalue weighted by atomic mass is 10.1. The van der Waals surface area contributed by atoms with E-state index >= 15 is 0 Å². The molecule has 5 aliphatic rings. The summed E-state index contributed by atoms with van der Waals surface area (Å²) in [6, 6.07) is 41.9. The van der Waals surface area contributed by atoms with Gasteiger partial charge in [0.2, 0.25) is 0 Å². The van der Waals surface area contributed by atoms with Gasteiger partial charge in [0, 0.05) is 88.7 Å². The largest absolute Gasteiger partial charge is 0.478 e. The number of aliphatic hydroxyl groups excluding tert-OH is 1. The Kier molecular flexibility index (Phi) is 36.6. The number of nitrogens with two attached hydrogens (primary N) is 1. The van der Waals surface area contributed by atoms with Crippen molar-refractivity contribution in [3.8, 4) is 0 Å². The first kappa shape index (κ1) is 83.8. The van der Waals surface area contributed by atoms with E-state index in [0.29, 0.717) is 55.2 Å². The molecular formula is C80H102Br2N4O16. The fourth-order valence-corrected chi connectivity index (χ4v) is 11.6. The number of carboxylic acid groups (broad SMARTS) is 1. The van der Waals surface area contributed by atoms with E-state index in [-0.39, 0.29) is 84.3 Å². The Labute approximate surface area is 616 Å². The molecule has 2 aromatic heterocycles. The van der Waals surface area contributed by atoms with Crippen molar-refractivity contribution in [2.75, 3.05) is 66.1 Å². The highest BCUT2D eigenvalue weighted by Crippen LogP contribution is 2.27. The van der Waals surface area contributed by atoms with E-state index in [0.717, 1.165) is 131 Å². The number of rotatable bonds is 19. The van der Waals surface area contributed by atoms with Gasteiger partial charge in [-0.15, -0.1) is 0 Å². The Hall–Kier alpha value is -7.13. The van der Waals surface area contributed by atoms with Crippen molar-refractivity contribution >= 4 is 55.6 Å². The molecule has 7 N–H and O–H groups in total. The average Bonchev–Trinajstić information content (AvgIpc) is 0.998. The lowest BCUT2D eigenvalue weighted by Gasteiger charge is -2.18. The molecule has 7 aromatic rings. The zero-order valence-corrected chi connectivity index (χ0v) is 63.3. The molecule has 0 spiro atoms. The summed E-state index contributed by atoms with van der Waals surface area (Å²) in [5.74, 6) is -1.03. The summed E-state index contributed by atoms with van der Waals surface area (Å²) in [7, 11) is 0. The number of ether oxygens (including phenoxy) is 9. The van der Waals surface area contributed by atoms with E-state index < -0.39 is 5.97 Å². The van der Waals surface area contributed by atoms with E-state index in [1.807, 2.05) is 139 Å². The molecule has 5 aliphatic heterocycles. The Balaban J connectivity index is 0.000000195. The number of hydrogen-bond acceptors (Lipinski definition) is 16. The molecule has 552 valence electrons. The molecular weight excluding hydrogens is 1430 g/mol. The first-order valence-corrected chi connectivity index (χ1v) is 36.2. The number of aryl methyl sites for hydroxylation is 4. The standard InChI is InChI=1S/C21H26N2O4.C14H18O3.C13H16O4.C12H15BrO2.C8H7Br.C8H12N2O.C4H8O2/c1-13-10-14(2)23-21(25)19(13)11-22-20(24)17-6-4-16(5-7-17)15(3)27-18-8-9-26-12-18;1-10(15)12-3-5-13(6-4-12)11(2)17-14-7-8-16-9-14;1-9(17-12-6-7-16-8-12)10-2-4-11(5-3-10)13(14)15;1-9(15-12-6-7-14-8-12)10-2-4-11(13)5-3-10;1-2-7-3-5-8(9)6-4-7;1-5-3-6(2)10-8(11)7(5)4-9;5-4-1-2-6-3-4/h4-7,10,15,18H,8-9,11-12H2,1-3H3,(H,22,24)(H,23,25);3-6,11,14H,7-9H2,1-2H3;2-5,9,12H,6-8H2,1H3,(H,14,15);2-5,9,12H,6-8H2,1H3;2-6H,1H2;3H,4,9H2,1-2H3,(H,10,11);4-5H,1-3H2. The summed E-state index contributed by atoms with van der Waals surface area (Å²) in [5.41, 5.74) is 17.0. The Bertz CT molecular complexity index is 3690. The Morgan fingerprint density at radius 2 is 0.863 bits per heavy atom. The van der Waals surface area contributed by atoms with Gasteiger partial charge in [-0.25, -0.2) is 4.79 Å². The van der Waals surface area contributed by atoms with Crippen molar-refractivity contribution in [2.24, 2.45) is 5.73 Å². The molecule has 9 unspecified atom stereocenters.